The van der Waals surface area contributed by atoms with Crippen molar-refractivity contribution in [3.63, 3.8) is 0 Å². The molecule has 18 heavy (non-hydrogen) atoms. The van der Waals surface area contributed by atoms with Crippen LogP contribution in [-0.2, 0) is 14.4 Å². The third kappa shape index (κ3) is 4.28. The third-order valence-electron chi connectivity index (χ3n) is 2.29. The molecule has 1 heterocycles. The summed E-state index contributed by atoms with van der Waals surface area (Å²) in [6.07, 6.45) is -0.602. The molecule has 0 aromatic rings. The Morgan fingerprint density at radius 2 is 2.06 bits per heavy atom. The topological polar surface area (TPSA) is 145 Å². The van der Waals surface area contributed by atoms with Crippen molar-refractivity contribution in [3.05, 3.63) is 0 Å². The van der Waals surface area contributed by atoms with Crippen molar-refractivity contribution in [1.82, 2.24) is 16.0 Å². The zero-order chi connectivity index (χ0) is 13.7. The molecule has 1 fully saturated rings. The predicted molar refractivity (Wildman–Crippen MR) is 56.8 cm³/mol. The van der Waals surface area contributed by atoms with Gasteiger partial charge in [-0.15, -0.1) is 0 Å². The molecule has 1 rings (SSSR count). The summed E-state index contributed by atoms with van der Waals surface area (Å²) in [7, 11) is 0. The van der Waals surface area contributed by atoms with E-state index in [1.807, 2.05) is 5.32 Å². The molecule has 0 aliphatic carbocycles. The second-order valence-corrected chi connectivity index (χ2v) is 3.81. The summed E-state index contributed by atoms with van der Waals surface area (Å²) in [6.45, 7) is 0.267. The number of aliphatic carboxylic acids is 2. The Morgan fingerprint density at radius 3 is 2.50 bits per heavy atom. The molecule has 0 radical (unpaired) electrons. The molecule has 0 spiro atoms. The van der Waals surface area contributed by atoms with Gasteiger partial charge in [-0.3, -0.25) is 9.59 Å². The fourth-order valence-corrected chi connectivity index (χ4v) is 1.47. The first-order chi connectivity index (χ1) is 8.38. The number of carboxylic acid groups (broad SMARTS) is 2. The molecule has 0 saturated carbocycles. The Bertz CT molecular complexity index is 382. The second-order valence-electron chi connectivity index (χ2n) is 3.81. The van der Waals surface area contributed by atoms with Crippen molar-refractivity contribution in [2.75, 3.05) is 6.54 Å². The standard InChI is InChI=1S/C9H13N3O6/c13-6-1-4(3-10-6)11-9(18)12-5(8(16)17)2-7(14)15/h4-5H,1-3H2,(H,10,13)(H,14,15)(H,16,17)(H2,11,12,18)/t4?,5-/m1/s1. The molecule has 0 aromatic carbocycles. The number of hydrogen-bond donors (Lipinski definition) is 5. The maximum absolute atomic E-state index is 11.4. The maximum Gasteiger partial charge on any atom is 0.326 e. The Kier molecular flexibility index (Phi) is 4.46. The van der Waals surface area contributed by atoms with Crippen molar-refractivity contribution in [3.8, 4) is 0 Å². The number of rotatable bonds is 5. The number of amides is 3. The van der Waals surface area contributed by atoms with Crippen LogP contribution in [0.1, 0.15) is 12.8 Å². The van der Waals surface area contributed by atoms with Crippen molar-refractivity contribution in [1.29, 1.82) is 0 Å². The average Bonchev–Trinajstić information content (AvgIpc) is 2.62. The lowest BCUT2D eigenvalue weighted by Crippen LogP contribution is -2.50. The Hall–Kier alpha value is -2.32. The SMILES string of the molecule is O=C(O)C[C@@H](NC(=O)NC1CNC(=O)C1)C(=O)O. The quantitative estimate of drug-likeness (QED) is 0.390. The van der Waals surface area contributed by atoms with E-state index in [1.54, 1.807) is 0 Å². The number of hydrogen-bond acceptors (Lipinski definition) is 4. The Balaban J connectivity index is 2.43. The molecule has 1 unspecified atom stereocenters. The van der Waals surface area contributed by atoms with Crippen LogP contribution in [0.15, 0.2) is 0 Å². The van der Waals surface area contributed by atoms with E-state index in [9.17, 15) is 19.2 Å². The summed E-state index contributed by atoms with van der Waals surface area (Å²) < 4.78 is 0. The Morgan fingerprint density at radius 1 is 1.39 bits per heavy atom. The largest absolute Gasteiger partial charge is 0.481 e. The fraction of sp³-hybridized carbons (Fsp3) is 0.556. The average molecular weight is 259 g/mol. The van der Waals surface area contributed by atoms with Crippen molar-refractivity contribution in [2.24, 2.45) is 0 Å². The summed E-state index contributed by atoms with van der Waals surface area (Å²) in [5.41, 5.74) is 0. The van der Waals surface area contributed by atoms with Gasteiger partial charge in [-0.2, -0.15) is 0 Å². The van der Waals surface area contributed by atoms with E-state index in [1.165, 1.54) is 0 Å². The molecule has 9 heteroatoms. The highest BCUT2D eigenvalue weighted by molar-refractivity contribution is 5.87. The highest BCUT2D eigenvalue weighted by Crippen LogP contribution is 1.99. The number of carbonyl (C=O) groups is 4. The van der Waals surface area contributed by atoms with Gasteiger partial charge in [0.1, 0.15) is 6.04 Å². The fourth-order valence-electron chi connectivity index (χ4n) is 1.47. The normalized spacial score (nSPS) is 19.8. The van der Waals surface area contributed by atoms with Gasteiger partial charge in [-0.1, -0.05) is 0 Å². The summed E-state index contributed by atoms with van der Waals surface area (Å²) in [4.78, 5) is 43.3. The van der Waals surface area contributed by atoms with Crippen LogP contribution in [0.4, 0.5) is 4.79 Å². The van der Waals surface area contributed by atoms with Crippen LogP contribution in [0, 0.1) is 0 Å². The molecule has 0 bridgehead atoms. The van der Waals surface area contributed by atoms with Crippen molar-refractivity contribution < 1.29 is 29.4 Å². The van der Waals surface area contributed by atoms with Gasteiger partial charge in [-0.25, -0.2) is 9.59 Å². The molecular formula is C9H13N3O6. The van der Waals surface area contributed by atoms with E-state index in [4.69, 9.17) is 10.2 Å². The number of nitrogens with one attached hydrogen (secondary N) is 3. The zero-order valence-electron chi connectivity index (χ0n) is 9.30. The first-order valence-electron chi connectivity index (χ1n) is 5.17. The molecule has 1 aliphatic rings. The number of carboxylic acids is 2. The van der Waals surface area contributed by atoms with E-state index in [0.29, 0.717) is 0 Å². The van der Waals surface area contributed by atoms with Gasteiger partial charge in [0.2, 0.25) is 5.91 Å². The smallest absolute Gasteiger partial charge is 0.326 e. The number of urea groups is 1. The molecule has 1 aliphatic heterocycles. The van der Waals surface area contributed by atoms with Crippen LogP contribution in [0.25, 0.3) is 0 Å². The lowest BCUT2D eigenvalue weighted by molar-refractivity contribution is -0.145. The van der Waals surface area contributed by atoms with Crippen LogP contribution in [0.3, 0.4) is 0 Å². The first kappa shape index (κ1) is 13.7. The van der Waals surface area contributed by atoms with Crippen LogP contribution < -0.4 is 16.0 Å². The molecule has 100 valence electrons. The molecule has 0 aromatic heterocycles. The monoisotopic (exact) mass is 259 g/mol. The highest BCUT2D eigenvalue weighted by atomic mass is 16.4. The van der Waals surface area contributed by atoms with E-state index in [2.05, 4.69) is 10.6 Å². The molecule has 5 N–H and O–H groups in total. The van der Waals surface area contributed by atoms with Crippen molar-refractivity contribution in [2.45, 2.75) is 24.9 Å². The molecule has 1 saturated heterocycles. The minimum atomic E-state index is -1.51. The summed E-state index contributed by atoms with van der Waals surface area (Å²) in [5, 5.41) is 24.1. The van der Waals surface area contributed by atoms with Crippen molar-refractivity contribution >= 4 is 23.9 Å². The predicted octanol–water partition coefficient (Wildman–Crippen LogP) is -1.90. The second kappa shape index (κ2) is 5.84. The third-order valence-corrected chi connectivity index (χ3v) is 2.29. The summed E-state index contributed by atoms with van der Waals surface area (Å²) in [6, 6.07) is -2.74. The number of carbonyl (C=O) groups excluding carboxylic acids is 2. The van der Waals surface area contributed by atoms with Gasteiger partial charge >= 0.3 is 18.0 Å². The Labute approximate surface area is 102 Å². The van der Waals surface area contributed by atoms with Gasteiger partial charge in [0, 0.05) is 13.0 Å². The minimum Gasteiger partial charge on any atom is -0.481 e. The van der Waals surface area contributed by atoms with Gasteiger partial charge < -0.3 is 26.2 Å². The zero-order valence-corrected chi connectivity index (χ0v) is 9.30. The molecule has 2 atom stereocenters. The molecule has 3 amide bonds. The van der Waals surface area contributed by atoms with Crippen LogP contribution >= 0.6 is 0 Å². The summed E-state index contributed by atoms with van der Waals surface area (Å²) >= 11 is 0. The van der Waals surface area contributed by atoms with Gasteiger partial charge in [0.25, 0.3) is 0 Å². The van der Waals surface area contributed by atoms with Gasteiger partial charge in [-0.05, 0) is 0 Å². The van der Waals surface area contributed by atoms with E-state index < -0.39 is 36.5 Å². The van der Waals surface area contributed by atoms with Crippen LogP contribution in [0.5, 0.6) is 0 Å². The molecule has 9 nitrogen and oxygen atoms in total. The summed E-state index contributed by atoms with van der Waals surface area (Å²) in [5.74, 6) is -2.98. The van der Waals surface area contributed by atoms with E-state index >= 15 is 0 Å². The lowest BCUT2D eigenvalue weighted by Gasteiger charge is -2.15. The molecular weight excluding hydrogens is 246 g/mol. The van der Waals surface area contributed by atoms with Crippen LogP contribution in [0.2, 0.25) is 0 Å². The van der Waals surface area contributed by atoms with Gasteiger partial charge in [0.15, 0.2) is 0 Å². The highest BCUT2D eigenvalue weighted by Gasteiger charge is 2.26. The minimum absolute atomic E-state index is 0.115. The van der Waals surface area contributed by atoms with E-state index in [-0.39, 0.29) is 18.9 Å². The van der Waals surface area contributed by atoms with Gasteiger partial charge in [0.05, 0.1) is 12.5 Å². The maximum atomic E-state index is 11.4. The van der Waals surface area contributed by atoms with Crippen LogP contribution in [-0.4, -0.2) is 52.7 Å². The first-order valence-corrected chi connectivity index (χ1v) is 5.17. The van der Waals surface area contributed by atoms with E-state index in [0.717, 1.165) is 0 Å². The lowest BCUT2D eigenvalue weighted by atomic mass is 10.2.